The van der Waals surface area contributed by atoms with E-state index in [0.717, 1.165) is 25.7 Å². The minimum atomic E-state index is 0.283. The van der Waals surface area contributed by atoms with Crippen LogP contribution in [0.15, 0.2) is 0 Å². The average Bonchev–Trinajstić information content (AvgIpc) is 2.84. The third kappa shape index (κ3) is 17.7. The SMILES string of the molecule is C1CN1.OCCCCCCO. The summed E-state index contributed by atoms with van der Waals surface area (Å²) in [5.74, 6) is 0. The fourth-order valence-electron chi connectivity index (χ4n) is 0.577. The van der Waals surface area contributed by atoms with Crippen LogP contribution in [0, 0.1) is 0 Å². The minimum absolute atomic E-state index is 0.283. The van der Waals surface area contributed by atoms with Gasteiger partial charge in [-0.1, -0.05) is 12.8 Å². The molecule has 0 aromatic heterocycles. The van der Waals surface area contributed by atoms with Crippen LogP contribution in [0.4, 0.5) is 0 Å². The van der Waals surface area contributed by atoms with E-state index in [1.54, 1.807) is 0 Å². The summed E-state index contributed by atoms with van der Waals surface area (Å²) in [6.07, 6.45) is 3.83. The first-order valence-electron chi connectivity index (χ1n) is 4.34. The Morgan fingerprint density at radius 1 is 0.818 bits per heavy atom. The van der Waals surface area contributed by atoms with Gasteiger partial charge in [-0.2, -0.15) is 0 Å². The maximum Gasteiger partial charge on any atom is 0.0431 e. The van der Waals surface area contributed by atoms with Gasteiger partial charge in [-0.3, -0.25) is 0 Å². The van der Waals surface area contributed by atoms with Gasteiger partial charge in [0.15, 0.2) is 0 Å². The lowest BCUT2D eigenvalue weighted by atomic mass is 10.2. The van der Waals surface area contributed by atoms with E-state index in [9.17, 15) is 0 Å². The Hall–Kier alpha value is -0.120. The summed E-state index contributed by atoms with van der Waals surface area (Å²) < 4.78 is 0. The first-order chi connectivity index (χ1) is 5.41. The molecule has 0 spiro atoms. The van der Waals surface area contributed by atoms with Gasteiger partial charge in [0.1, 0.15) is 0 Å². The third-order valence-corrected chi connectivity index (χ3v) is 1.32. The van der Waals surface area contributed by atoms with Gasteiger partial charge >= 0.3 is 0 Å². The zero-order valence-corrected chi connectivity index (χ0v) is 7.05. The van der Waals surface area contributed by atoms with Gasteiger partial charge in [0.05, 0.1) is 0 Å². The zero-order chi connectivity index (χ0) is 8.36. The van der Waals surface area contributed by atoms with Crippen LogP contribution in [0.2, 0.25) is 0 Å². The van der Waals surface area contributed by atoms with Crippen molar-refractivity contribution in [2.45, 2.75) is 25.7 Å². The molecule has 11 heavy (non-hydrogen) atoms. The molecule has 0 aliphatic carbocycles. The third-order valence-electron chi connectivity index (χ3n) is 1.32. The number of hydrogen-bond donors (Lipinski definition) is 3. The molecule has 0 saturated carbocycles. The van der Waals surface area contributed by atoms with Gasteiger partial charge in [0, 0.05) is 26.3 Å². The predicted molar refractivity (Wildman–Crippen MR) is 45.5 cm³/mol. The maximum absolute atomic E-state index is 8.30. The molecule has 0 aromatic carbocycles. The van der Waals surface area contributed by atoms with E-state index in [0.29, 0.717) is 0 Å². The summed E-state index contributed by atoms with van der Waals surface area (Å²) in [6.45, 7) is 3.07. The van der Waals surface area contributed by atoms with Crippen molar-refractivity contribution in [2.24, 2.45) is 0 Å². The van der Waals surface area contributed by atoms with E-state index in [-0.39, 0.29) is 13.2 Å². The first-order valence-corrected chi connectivity index (χ1v) is 4.34. The van der Waals surface area contributed by atoms with Gasteiger partial charge < -0.3 is 15.5 Å². The Labute approximate surface area is 68.4 Å². The van der Waals surface area contributed by atoms with E-state index in [4.69, 9.17) is 10.2 Å². The van der Waals surface area contributed by atoms with E-state index in [2.05, 4.69) is 5.32 Å². The van der Waals surface area contributed by atoms with Crippen molar-refractivity contribution >= 4 is 0 Å². The summed E-state index contributed by atoms with van der Waals surface area (Å²) in [4.78, 5) is 0. The molecule has 3 N–H and O–H groups in total. The highest BCUT2D eigenvalue weighted by atomic mass is 16.3. The number of unbranched alkanes of at least 4 members (excludes halogenated alkanes) is 3. The van der Waals surface area contributed by atoms with Gasteiger partial charge in [0.25, 0.3) is 0 Å². The Kier molecular flexibility index (Phi) is 9.77. The Morgan fingerprint density at radius 2 is 1.18 bits per heavy atom. The molecule has 0 unspecified atom stereocenters. The highest BCUT2D eigenvalue weighted by Crippen LogP contribution is 1.96. The molecule has 3 nitrogen and oxygen atoms in total. The monoisotopic (exact) mass is 161 g/mol. The summed E-state index contributed by atoms with van der Waals surface area (Å²) in [6, 6.07) is 0. The van der Waals surface area contributed by atoms with E-state index in [1.807, 2.05) is 0 Å². The van der Waals surface area contributed by atoms with Crippen molar-refractivity contribution in [3.05, 3.63) is 0 Å². The topological polar surface area (TPSA) is 62.4 Å². The molecule has 0 atom stereocenters. The molecule has 1 saturated heterocycles. The minimum Gasteiger partial charge on any atom is -0.396 e. The van der Waals surface area contributed by atoms with E-state index >= 15 is 0 Å². The summed E-state index contributed by atoms with van der Waals surface area (Å²) in [5.41, 5.74) is 0. The van der Waals surface area contributed by atoms with Crippen molar-refractivity contribution in [3.63, 3.8) is 0 Å². The van der Waals surface area contributed by atoms with Gasteiger partial charge in [-0.05, 0) is 12.8 Å². The average molecular weight is 161 g/mol. The molecular weight excluding hydrogens is 142 g/mol. The fraction of sp³-hybridized carbons (Fsp3) is 1.00. The van der Waals surface area contributed by atoms with Crippen LogP contribution in [0.25, 0.3) is 0 Å². The van der Waals surface area contributed by atoms with Crippen LogP contribution in [-0.4, -0.2) is 36.5 Å². The molecule has 1 heterocycles. The number of hydrogen-bond acceptors (Lipinski definition) is 3. The molecule has 3 heteroatoms. The van der Waals surface area contributed by atoms with Crippen molar-refractivity contribution in [3.8, 4) is 0 Å². The molecular formula is C8H19NO2. The molecule has 1 fully saturated rings. The molecule has 68 valence electrons. The van der Waals surface area contributed by atoms with Crippen molar-refractivity contribution < 1.29 is 10.2 Å². The largest absolute Gasteiger partial charge is 0.396 e. The highest BCUT2D eigenvalue weighted by Gasteiger charge is 1.91. The van der Waals surface area contributed by atoms with Crippen LogP contribution in [0.5, 0.6) is 0 Å². The lowest BCUT2D eigenvalue weighted by molar-refractivity contribution is 0.265. The second kappa shape index (κ2) is 9.88. The second-order valence-corrected chi connectivity index (χ2v) is 2.61. The number of nitrogens with one attached hydrogen (secondary N) is 1. The summed E-state index contributed by atoms with van der Waals surface area (Å²) >= 11 is 0. The molecule has 1 aliphatic heterocycles. The summed E-state index contributed by atoms with van der Waals surface area (Å²) in [7, 11) is 0. The standard InChI is InChI=1S/C6H14O2.C2H5N/c7-5-3-1-2-4-6-8;1-2-3-1/h7-8H,1-6H2;3H,1-2H2. The number of aliphatic hydroxyl groups excluding tert-OH is 2. The molecule has 0 aromatic rings. The Morgan fingerprint density at radius 3 is 1.36 bits per heavy atom. The molecule has 0 bridgehead atoms. The predicted octanol–water partition coefficient (Wildman–Crippen LogP) is 0.121. The first kappa shape index (κ1) is 10.9. The summed E-state index contributed by atoms with van der Waals surface area (Å²) in [5, 5.41) is 19.6. The van der Waals surface area contributed by atoms with Gasteiger partial charge in [0.2, 0.25) is 0 Å². The second-order valence-electron chi connectivity index (χ2n) is 2.61. The van der Waals surface area contributed by atoms with Crippen LogP contribution in [0.3, 0.4) is 0 Å². The maximum atomic E-state index is 8.30. The lowest BCUT2D eigenvalue weighted by Gasteiger charge is -1.93. The van der Waals surface area contributed by atoms with Crippen LogP contribution < -0.4 is 5.32 Å². The van der Waals surface area contributed by atoms with Crippen LogP contribution in [0.1, 0.15) is 25.7 Å². The van der Waals surface area contributed by atoms with Crippen LogP contribution in [-0.2, 0) is 0 Å². The van der Waals surface area contributed by atoms with Crippen molar-refractivity contribution in [2.75, 3.05) is 26.3 Å². The fourth-order valence-corrected chi connectivity index (χ4v) is 0.577. The number of rotatable bonds is 5. The van der Waals surface area contributed by atoms with Gasteiger partial charge in [-0.15, -0.1) is 0 Å². The molecule has 1 rings (SSSR count). The normalized spacial score (nSPS) is 13.6. The van der Waals surface area contributed by atoms with Crippen LogP contribution >= 0.6 is 0 Å². The molecule has 0 radical (unpaired) electrons. The Balaban J connectivity index is 0.000000271. The molecule has 1 aliphatic rings. The lowest BCUT2D eigenvalue weighted by Crippen LogP contribution is -1.85. The highest BCUT2D eigenvalue weighted by molar-refractivity contribution is 4.58. The van der Waals surface area contributed by atoms with E-state index < -0.39 is 0 Å². The van der Waals surface area contributed by atoms with Crippen molar-refractivity contribution in [1.29, 1.82) is 0 Å². The van der Waals surface area contributed by atoms with Crippen molar-refractivity contribution in [1.82, 2.24) is 5.32 Å². The smallest absolute Gasteiger partial charge is 0.0431 e. The molecule has 0 amide bonds. The quantitative estimate of drug-likeness (QED) is 0.396. The van der Waals surface area contributed by atoms with E-state index in [1.165, 1.54) is 13.1 Å². The number of aliphatic hydroxyl groups is 2. The Bertz CT molecular complexity index is 58.4. The van der Waals surface area contributed by atoms with Gasteiger partial charge in [-0.25, -0.2) is 0 Å². The zero-order valence-electron chi connectivity index (χ0n) is 7.05.